The number of carbonyl (C=O) groups is 2. The molecule has 1 unspecified atom stereocenters. The standard InChI is InChI=1S/C16H21NO5S/c18-13(19)10-15(3-6-22-11-15)17-14(20)16(4-7-21-8-5-16)12-2-1-9-23-12/h1-2,9H,3-8,10-11H2,(H,17,20)(H,18,19). The van der Waals surface area contributed by atoms with Gasteiger partial charge in [0.1, 0.15) is 0 Å². The maximum Gasteiger partial charge on any atom is 0.305 e. The highest BCUT2D eigenvalue weighted by Crippen LogP contribution is 2.39. The van der Waals surface area contributed by atoms with Gasteiger partial charge in [0.15, 0.2) is 0 Å². The predicted octanol–water partition coefficient (Wildman–Crippen LogP) is 1.55. The summed E-state index contributed by atoms with van der Waals surface area (Å²) >= 11 is 1.56. The number of ether oxygens (including phenoxy) is 2. The van der Waals surface area contributed by atoms with Gasteiger partial charge in [-0.2, -0.15) is 0 Å². The third-order valence-electron chi connectivity index (χ3n) is 4.75. The summed E-state index contributed by atoms with van der Waals surface area (Å²) in [5, 5.41) is 14.2. The molecule has 0 aromatic carbocycles. The smallest absolute Gasteiger partial charge is 0.305 e. The van der Waals surface area contributed by atoms with Crippen LogP contribution in [0.1, 0.15) is 30.6 Å². The van der Waals surface area contributed by atoms with E-state index >= 15 is 0 Å². The summed E-state index contributed by atoms with van der Waals surface area (Å²) in [7, 11) is 0. The summed E-state index contributed by atoms with van der Waals surface area (Å²) in [6.07, 6.45) is 1.64. The van der Waals surface area contributed by atoms with E-state index < -0.39 is 16.9 Å². The number of hydrogen-bond acceptors (Lipinski definition) is 5. The Labute approximate surface area is 138 Å². The molecule has 0 aliphatic carbocycles. The Bertz CT molecular complexity index is 559. The second kappa shape index (κ2) is 6.59. The van der Waals surface area contributed by atoms with Crippen LogP contribution in [0.3, 0.4) is 0 Å². The van der Waals surface area contributed by atoms with Crippen molar-refractivity contribution in [3.63, 3.8) is 0 Å². The van der Waals surface area contributed by atoms with Crippen molar-refractivity contribution in [3.05, 3.63) is 22.4 Å². The molecule has 1 atom stereocenters. The summed E-state index contributed by atoms with van der Waals surface area (Å²) in [4.78, 5) is 25.4. The van der Waals surface area contributed by atoms with E-state index in [9.17, 15) is 14.7 Å². The van der Waals surface area contributed by atoms with E-state index in [1.54, 1.807) is 11.3 Å². The van der Waals surface area contributed by atoms with Crippen LogP contribution in [0.4, 0.5) is 0 Å². The largest absolute Gasteiger partial charge is 0.481 e. The number of rotatable bonds is 5. The van der Waals surface area contributed by atoms with Crippen molar-refractivity contribution in [1.29, 1.82) is 0 Å². The second-order valence-corrected chi connectivity index (χ2v) is 7.23. The first-order valence-electron chi connectivity index (χ1n) is 7.80. The van der Waals surface area contributed by atoms with E-state index in [1.807, 2.05) is 17.5 Å². The van der Waals surface area contributed by atoms with Crippen LogP contribution in [0.15, 0.2) is 17.5 Å². The van der Waals surface area contributed by atoms with E-state index in [4.69, 9.17) is 9.47 Å². The number of hydrogen-bond donors (Lipinski definition) is 2. The van der Waals surface area contributed by atoms with Crippen LogP contribution in [0, 0.1) is 0 Å². The fraction of sp³-hybridized carbons (Fsp3) is 0.625. The van der Waals surface area contributed by atoms with Crippen molar-refractivity contribution in [2.75, 3.05) is 26.4 Å². The lowest BCUT2D eigenvalue weighted by Gasteiger charge is -2.38. The van der Waals surface area contributed by atoms with Crippen molar-refractivity contribution in [1.82, 2.24) is 5.32 Å². The molecule has 0 radical (unpaired) electrons. The van der Waals surface area contributed by atoms with Crippen molar-refractivity contribution in [2.24, 2.45) is 0 Å². The Balaban J connectivity index is 1.85. The van der Waals surface area contributed by atoms with Crippen molar-refractivity contribution >= 4 is 23.2 Å². The summed E-state index contributed by atoms with van der Waals surface area (Å²) < 4.78 is 10.8. The molecule has 126 valence electrons. The molecule has 0 spiro atoms. The number of aliphatic carboxylic acids is 1. The number of carbonyl (C=O) groups excluding carboxylic acids is 1. The molecular weight excluding hydrogens is 318 g/mol. The van der Waals surface area contributed by atoms with Crippen LogP contribution in [0.5, 0.6) is 0 Å². The number of amides is 1. The Kier molecular flexibility index (Phi) is 4.70. The number of carboxylic acids is 1. The van der Waals surface area contributed by atoms with Crippen molar-refractivity contribution in [2.45, 2.75) is 36.6 Å². The van der Waals surface area contributed by atoms with Crippen LogP contribution in [0.25, 0.3) is 0 Å². The van der Waals surface area contributed by atoms with Gasteiger partial charge in [-0.1, -0.05) is 6.07 Å². The van der Waals surface area contributed by atoms with Gasteiger partial charge in [0.2, 0.25) is 5.91 Å². The average Bonchev–Trinajstić information content (AvgIpc) is 3.19. The molecule has 3 rings (SSSR count). The van der Waals surface area contributed by atoms with E-state index in [-0.39, 0.29) is 18.9 Å². The van der Waals surface area contributed by atoms with Gasteiger partial charge in [-0.15, -0.1) is 11.3 Å². The maximum atomic E-state index is 13.2. The molecule has 6 nitrogen and oxygen atoms in total. The summed E-state index contributed by atoms with van der Waals surface area (Å²) in [6, 6.07) is 3.92. The molecule has 23 heavy (non-hydrogen) atoms. The van der Waals surface area contributed by atoms with E-state index in [2.05, 4.69) is 5.32 Å². The fourth-order valence-electron chi connectivity index (χ4n) is 3.40. The van der Waals surface area contributed by atoms with Crippen LogP contribution in [-0.4, -0.2) is 48.9 Å². The molecule has 2 aliphatic heterocycles. The topological polar surface area (TPSA) is 84.9 Å². The zero-order valence-corrected chi connectivity index (χ0v) is 13.7. The molecule has 0 saturated carbocycles. The van der Waals surface area contributed by atoms with Gasteiger partial charge in [0.05, 0.1) is 24.0 Å². The Hall–Kier alpha value is -1.44. The third kappa shape index (κ3) is 3.27. The number of carboxylic acid groups (broad SMARTS) is 1. The molecule has 1 aromatic rings. The first-order valence-corrected chi connectivity index (χ1v) is 8.68. The van der Waals surface area contributed by atoms with Gasteiger partial charge >= 0.3 is 5.97 Å². The lowest BCUT2D eigenvalue weighted by atomic mass is 9.77. The highest BCUT2D eigenvalue weighted by molar-refractivity contribution is 7.10. The first-order chi connectivity index (χ1) is 11.1. The minimum absolute atomic E-state index is 0.102. The van der Waals surface area contributed by atoms with E-state index in [0.29, 0.717) is 39.1 Å². The zero-order valence-electron chi connectivity index (χ0n) is 12.9. The zero-order chi connectivity index (χ0) is 16.3. The van der Waals surface area contributed by atoms with Gasteiger partial charge in [0, 0.05) is 24.7 Å². The van der Waals surface area contributed by atoms with Crippen LogP contribution in [-0.2, 0) is 24.5 Å². The predicted molar refractivity (Wildman–Crippen MR) is 84.6 cm³/mol. The van der Waals surface area contributed by atoms with Gasteiger partial charge in [-0.3, -0.25) is 9.59 Å². The minimum Gasteiger partial charge on any atom is -0.481 e. The fourth-order valence-corrected chi connectivity index (χ4v) is 4.38. The maximum absolute atomic E-state index is 13.2. The van der Waals surface area contributed by atoms with E-state index in [0.717, 1.165) is 4.88 Å². The quantitative estimate of drug-likeness (QED) is 0.850. The molecule has 2 saturated heterocycles. The SMILES string of the molecule is O=C(O)CC1(NC(=O)C2(c3cccs3)CCOCC2)CCOC1. The van der Waals surface area contributed by atoms with E-state index in [1.165, 1.54) is 0 Å². The van der Waals surface area contributed by atoms with Crippen molar-refractivity contribution in [3.8, 4) is 0 Å². The van der Waals surface area contributed by atoms with Crippen LogP contribution >= 0.6 is 11.3 Å². The highest BCUT2D eigenvalue weighted by atomic mass is 32.1. The molecule has 1 amide bonds. The van der Waals surface area contributed by atoms with Gasteiger partial charge in [0.25, 0.3) is 0 Å². The first kappa shape index (κ1) is 16.4. The Morgan fingerprint density at radius 2 is 1.96 bits per heavy atom. The molecular formula is C16H21NO5S. The number of thiophene rings is 1. The monoisotopic (exact) mass is 339 g/mol. The lowest BCUT2D eigenvalue weighted by Crippen LogP contribution is -2.57. The summed E-state index contributed by atoms with van der Waals surface area (Å²) in [5.41, 5.74) is -1.42. The Morgan fingerprint density at radius 1 is 1.22 bits per heavy atom. The lowest BCUT2D eigenvalue weighted by molar-refractivity contribution is -0.140. The minimum atomic E-state index is -0.923. The molecule has 2 fully saturated rings. The normalized spacial score (nSPS) is 26.8. The van der Waals surface area contributed by atoms with Gasteiger partial charge < -0.3 is 19.9 Å². The van der Waals surface area contributed by atoms with Crippen molar-refractivity contribution < 1.29 is 24.2 Å². The average molecular weight is 339 g/mol. The Morgan fingerprint density at radius 3 is 2.52 bits per heavy atom. The van der Waals surface area contributed by atoms with Crippen LogP contribution in [0.2, 0.25) is 0 Å². The molecule has 7 heteroatoms. The van der Waals surface area contributed by atoms with Crippen LogP contribution < -0.4 is 5.32 Å². The molecule has 1 aromatic heterocycles. The third-order valence-corrected chi connectivity index (χ3v) is 5.82. The van der Waals surface area contributed by atoms with Gasteiger partial charge in [-0.25, -0.2) is 0 Å². The summed E-state index contributed by atoms with van der Waals surface area (Å²) in [5.74, 6) is -1.03. The molecule has 3 heterocycles. The molecule has 2 N–H and O–H groups in total. The number of nitrogens with one attached hydrogen (secondary N) is 1. The highest BCUT2D eigenvalue weighted by Gasteiger charge is 2.47. The second-order valence-electron chi connectivity index (χ2n) is 6.28. The molecule has 0 bridgehead atoms. The molecule has 2 aliphatic rings. The van der Waals surface area contributed by atoms with Gasteiger partial charge in [-0.05, 0) is 30.7 Å². The summed E-state index contributed by atoms with van der Waals surface area (Å²) in [6.45, 7) is 1.80.